The van der Waals surface area contributed by atoms with E-state index in [0.717, 1.165) is 9.37 Å². The van der Waals surface area contributed by atoms with Crippen molar-refractivity contribution in [3.63, 3.8) is 0 Å². The van der Waals surface area contributed by atoms with Crippen LogP contribution in [0.25, 0.3) is 0 Å². The van der Waals surface area contributed by atoms with Crippen molar-refractivity contribution in [1.29, 1.82) is 0 Å². The lowest BCUT2D eigenvalue weighted by Crippen LogP contribution is -1.90. The van der Waals surface area contributed by atoms with Gasteiger partial charge in [0.1, 0.15) is 17.2 Å². The molecule has 5 nitrogen and oxygen atoms in total. The van der Waals surface area contributed by atoms with Crippen LogP contribution in [0, 0.1) is 0 Å². The molecule has 66 valence electrons. The lowest BCUT2D eigenvalue weighted by molar-refractivity contribution is 1.06. The van der Waals surface area contributed by atoms with E-state index in [1.165, 1.54) is 35.8 Å². The predicted molar refractivity (Wildman–Crippen MR) is 50.5 cm³/mol. The molecule has 2 N–H and O–H groups in total. The van der Waals surface area contributed by atoms with Crippen molar-refractivity contribution in [3.05, 3.63) is 18.7 Å². The van der Waals surface area contributed by atoms with Crippen molar-refractivity contribution in [1.82, 2.24) is 19.3 Å². The van der Waals surface area contributed by atoms with E-state index in [9.17, 15) is 0 Å². The van der Waals surface area contributed by atoms with E-state index in [-0.39, 0.29) is 0 Å². The summed E-state index contributed by atoms with van der Waals surface area (Å²) in [4.78, 5) is 12.0. The third-order valence-electron chi connectivity index (χ3n) is 1.18. The minimum Gasteiger partial charge on any atom is -0.382 e. The highest BCUT2D eigenvalue weighted by Gasteiger charge is 2.01. The molecule has 0 aliphatic rings. The summed E-state index contributed by atoms with van der Waals surface area (Å²) in [5.74, 6) is 0.418. The molecule has 2 aromatic rings. The van der Waals surface area contributed by atoms with E-state index in [1.807, 2.05) is 0 Å². The van der Waals surface area contributed by atoms with Crippen LogP contribution in [-0.2, 0) is 0 Å². The van der Waals surface area contributed by atoms with Crippen molar-refractivity contribution in [2.75, 3.05) is 5.73 Å². The highest BCUT2D eigenvalue weighted by Crippen LogP contribution is 2.25. The molecular formula is C6H5N5S2. The second-order valence-electron chi connectivity index (χ2n) is 2.09. The van der Waals surface area contributed by atoms with E-state index in [4.69, 9.17) is 5.73 Å². The van der Waals surface area contributed by atoms with Gasteiger partial charge in [0.2, 0.25) is 0 Å². The first kappa shape index (κ1) is 8.39. The van der Waals surface area contributed by atoms with E-state index in [1.54, 1.807) is 6.20 Å². The molecule has 0 aliphatic heterocycles. The zero-order valence-electron chi connectivity index (χ0n) is 6.41. The summed E-state index contributed by atoms with van der Waals surface area (Å²) >= 11 is 2.74. The van der Waals surface area contributed by atoms with Crippen LogP contribution in [0.15, 0.2) is 28.1 Å². The summed E-state index contributed by atoms with van der Waals surface area (Å²) in [6.07, 6.45) is 4.64. The number of hydrogen-bond acceptors (Lipinski definition) is 7. The van der Waals surface area contributed by atoms with Crippen LogP contribution in [0.2, 0.25) is 0 Å². The lowest BCUT2D eigenvalue weighted by Gasteiger charge is -1.94. The van der Waals surface area contributed by atoms with Gasteiger partial charge in [-0.05, 0) is 23.3 Å². The SMILES string of the molecule is Nc1cnc(Sc2ncns2)cn1. The molecule has 0 amide bonds. The summed E-state index contributed by atoms with van der Waals surface area (Å²) in [6.45, 7) is 0. The Morgan fingerprint density at radius 1 is 1.23 bits per heavy atom. The average Bonchev–Trinajstić information content (AvgIpc) is 2.62. The van der Waals surface area contributed by atoms with Crippen molar-refractivity contribution in [2.24, 2.45) is 0 Å². The van der Waals surface area contributed by atoms with Gasteiger partial charge >= 0.3 is 0 Å². The molecule has 7 heteroatoms. The predicted octanol–water partition coefficient (Wildman–Crippen LogP) is 1.06. The van der Waals surface area contributed by atoms with Gasteiger partial charge in [0.15, 0.2) is 4.34 Å². The molecule has 2 aromatic heterocycles. The molecule has 13 heavy (non-hydrogen) atoms. The van der Waals surface area contributed by atoms with Crippen molar-refractivity contribution >= 4 is 29.1 Å². The molecule has 2 rings (SSSR count). The van der Waals surface area contributed by atoms with Crippen LogP contribution < -0.4 is 5.73 Å². The molecule has 0 saturated carbocycles. The van der Waals surface area contributed by atoms with Gasteiger partial charge in [-0.25, -0.2) is 15.0 Å². The number of anilines is 1. The highest BCUT2D eigenvalue weighted by molar-refractivity contribution is 8.00. The standard InChI is InChI=1S/C6H5N5S2/c7-4-1-9-5(2-8-4)12-6-10-3-11-13-6/h1-3H,(H2,7,8). The van der Waals surface area contributed by atoms with Gasteiger partial charge in [-0.3, -0.25) is 0 Å². The van der Waals surface area contributed by atoms with Gasteiger partial charge in [0.25, 0.3) is 0 Å². The largest absolute Gasteiger partial charge is 0.382 e. The molecule has 0 fully saturated rings. The first-order chi connectivity index (χ1) is 6.34. The van der Waals surface area contributed by atoms with Crippen molar-refractivity contribution < 1.29 is 0 Å². The van der Waals surface area contributed by atoms with Crippen molar-refractivity contribution in [2.45, 2.75) is 9.37 Å². The zero-order valence-corrected chi connectivity index (χ0v) is 8.05. The molecule has 0 spiro atoms. The lowest BCUT2D eigenvalue weighted by atomic mass is 10.7. The Bertz CT molecular complexity index is 370. The number of aromatic nitrogens is 4. The fourth-order valence-electron chi connectivity index (χ4n) is 0.676. The Morgan fingerprint density at radius 2 is 2.15 bits per heavy atom. The van der Waals surface area contributed by atoms with E-state index >= 15 is 0 Å². The number of nitrogens with zero attached hydrogens (tertiary/aromatic N) is 4. The molecule has 0 atom stereocenters. The second-order valence-corrected chi connectivity index (χ2v) is 4.14. The first-order valence-electron chi connectivity index (χ1n) is 3.36. The Balaban J connectivity index is 2.15. The molecular weight excluding hydrogens is 206 g/mol. The molecule has 0 unspecified atom stereocenters. The monoisotopic (exact) mass is 211 g/mol. The topological polar surface area (TPSA) is 77.6 Å². The van der Waals surface area contributed by atoms with Crippen LogP contribution in [0.1, 0.15) is 0 Å². The average molecular weight is 211 g/mol. The number of nitrogen functional groups attached to an aromatic ring is 1. The molecule has 0 aliphatic carbocycles. The second kappa shape index (κ2) is 3.67. The highest BCUT2D eigenvalue weighted by atomic mass is 32.2. The van der Waals surface area contributed by atoms with Gasteiger partial charge in [-0.15, -0.1) is 0 Å². The fourth-order valence-corrected chi connectivity index (χ4v) is 1.98. The first-order valence-corrected chi connectivity index (χ1v) is 4.95. The van der Waals surface area contributed by atoms with Crippen LogP contribution in [0.5, 0.6) is 0 Å². The maximum atomic E-state index is 5.39. The van der Waals surface area contributed by atoms with E-state index < -0.39 is 0 Å². The molecule has 0 radical (unpaired) electrons. The zero-order chi connectivity index (χ0) is 9.10. The maximum Gasteiger partial charge on any atom is 0.176 e. The molecule has 0 aromatic carbocycles. The maximum absolute atomic E-state index is 5.39. The van der Waals surface area contributed by atoms with Crippen LogP contribution in [0.4, 0.5) is 5.82 Å². The Kier molecular flexibility index (Phi) is 2.37. The number of rotatable bonds is 2. The van der Waals surface area contributed by atoms with Gasteiger partial charge in [0, 0.05) is 0 Å². The number of nitrogens with two attached hydrogens (primary N) is 1. The smallest absolute Gasteiger partial charge is 0.176 e. The van der Waals surface area contributed by atoms with Crippen LogP contribution in [-0.4, -0.2) is 19.3 Å². The third-order valence-corrected chi connectivity index (χ3v) is 2.82. The van der Waals surface area contributed by atoms with Crippen molar-refractivity contribution in [3.8, 4) is 0 Å². The summed E-state index contributed by atoms with van der Waals surface area (Å²) in [5, 5.41) is 0.769. The summed E-state index contributed by atoms with van der Waals surface area (Å²) in [7, 11) is 0. The molecule has 0 bridgehead atoms. The minimum absolute atomic E-state index is 0.418. The van der Waals surface area contributed by atoms with E-state index in [0.29, 0.717) is 5.82 Å². The minimum atomic E-state index is 0.418. The molecule has 0 saturated heterocycles. The van der Waals surface area contributed by atoms with Gasteiger partial charge in [-0.2, -0.15) is 4.37 Å². The summed E-state index contributed by atoms with van der Waals surface area (Å²) in [6, 6.07) is 0. The number of hydrogen-bond donors (Lipinski definition) is 1. The Labute approximate surface area is 82.6 Å². The summed E-state index contributed by atoms with van der Waals surface area (Å²) in [5.41, 5.74) is 5.39. The Hall–Kier alpha value is -1.21. The van der Waals surface area contributed by atoms with Crippen LogP contribution >= 0.6 is 23.3 Å². The fraction of sp³-hybridized carbons (Fsp3) is 0. The third kappa shape index (κ3) is 2.13. The van der Waals surface area contributed by atoms with Gasteiger partial charge in [-0.1, -0.05) is 0 Å². The normalized spacial score (nSPS) is 10.2. The molecule has 2 heterocycles. The van der Waals surface area contributed by atoms with Gasteiger partial charge < -0.3 is 5.73 Å². The summed E-state index contributed by atoms with van der Waals surface area (Å²) < 4.78 is 4.72. The quantitative estimate of drug-likeness (QED) is 0.800. The van der Waals surface area contributed by atoms with E-state index in [2.05, 4.69) is 19.3 Å². The van der Waals surface area contributed by atoms with Crippen LogP contribution in [0.3, 0.4) is 0 Å². The Morgan fingerprint density at radius 3 is 2.77 bits per heavy atom. The van der Waals surface area contributed by atoms with Gasteiger partial charge in [0.05, 0.1) is 12.4 Å².